The number of hydrogen-bond acceptors (Lipinski definition) is 2. The average molecular weight is 286 g/mol. The van der Waals surface area contributed by atoms with Crippen molar-refractivity contribution in [3.8, 4) is 0 Å². The first-order valence-electron chi connectivity index (χ1n) is 6.54. The second-order valence-electron chi connectivity index (χ2n) is 5.00. The van der Waals surface area contributed by atoms with E-state index in [1.54, 1.807) is 4.90 Å². The highest BCUT2D eigenvalue weighted by Gasteiger charge is 2.28. The number of alkyl halides is 3. The van der Waals surface area contributed by atoms with Crippen molar-refractivity contribution in [2.75, 3.05) is 24.5 Å². The van der Waals surface area contributed by atoms with Crippen molar-refractivity contribution in [3.63, 3.8) is 0 Å². The van der Waals surface area contributed by atoms with Gasteiger partial charge in [0.25, 0.3) is 0 Å². The third-order valence-electron chi connectivity index (χ3n) is 3.26. The maximum atomic E-state index is 12.0. The summed E-state index contributed by atoms with van der Waals surface area (Å²) < 4.78 is 36.1. The van der Waals surface area contributed by atoms with E-state index in [0.717, 1.165) is 29.7 Å². The van der Waals surface area contributed by atoms with Gasteiger partial charge in [0.2, 0.25) is 5.91 Å². The molecule has 0 atom stereocenters. The van der Waals surface area contributed by atoms with Crippen molar-refractivity contribution in [3.05, 3.63) is 29.3 Å². The van der Waals surface area contributed by atoms with Gasteiger partial charge in [-0.2, -0.15) is 13.2 Å². The van der Waals surface area contributed by atoms with Gasteiger partial charge in [-0.15, -0.1) is 0 Å². The van der Waals surface area contributed by atoms with Crippen LogP contribution in [-0.4, -0.2) is 31.7 Å². The van der Waals surface area contributed by atoms with Gasteiger partial charge in [-0.1, -0.05) is 17.7 Å². The van der Waals surface area contributed by atoms with Crippen LogP contribution in [0.1, 0.15) is 17.5 Å². The molecule has 0 spiro atoms. The molecule has 3 nitrogen and oxygen atoms in total. The number of nitrogens with one attached hydrogen (secondary N) is 1. The van der Waals surface area contributed by atoms with Gasteiger partial charge < -0.3 is 10.2 Å². The largest absolute Gasteiger partial charge is 0.401 e. The van der Waals surface area contributed by atoms with E-state index in [1.165, 1.54) is 0 Å². The SMILES string of the molecule is Cc1ccc2c(c1)CCCN2C(=O)CNCC(F)(F)F. The maximum Gasteiger partial charge on any atom is 0.401 e. The van der Waals surface area contributed by atoms with Gasteiger partial charge in [0.05, 0.1) is 13.1 Å². The molecule has 1 aliphatic rings. The van der Waals surface area contributed by atoms with Crippen molar-refractivity contribution < 1.29 is 18.0 Å². The Morgan fingerprint density at radius 1 is 1.40 bits per heavy atom. The fraction of sp³-hybridized carbons (Fsp3) is 0.500. The van der Waals surface area contributed by atoms with E-state index < -0.39 is 12.7 Å². The zero-order valence-corrected chi connectivity index (χ0v) is 11.3. The lowest BCUT2D eigenvalue weighted by molar-refractivity contribution is -0.127. The summed E-state index contributed by atoms with van der Waals surface area (Å²) in [5.41, 5.74) is 3.02. The molecule has 0 fully saturated rings. The lowest BCUT2D eigenvalue weighted by atomic mass is 9.99. The standard InChI is InChI=1S/C14H17F3N2O/c1-10-4-5-12-11(7-10)3-2-6-19(12)13(20)8-18-9-14(15,16)17/h4-5,7,18H,2-3,6,8-9H2,1H3. The van der Waals surface area contributed by atoms with Gasteiger partial charge in [-0.05, 0) is 31.4 Å². The Kier molecular flexibility index (Phi) is 4.32. The number of nitrogens with zero attached hydrogens (tertiary/aromatic N) is 1. The fourth-order valence-electron chi connectivity index (χ4n) is 2.39. The van der Waals surface area contributed by atoms with Gasteiger partial charge in [0.15, 0.2) is 0 Å². The van der Waals surface area contributed by atoms with Gasteiger partial charge in [0.1, 0.15) is 0 Å². The Balaban J connectivity index is 2.02. The number of amides is 1. The first-order chi connectivity index (χ1) is 9.37. The minimum atomic E-state index is -4.29. The number of benzene rings is 1. The number of anilines is 1. The lowest BCUT2D eigenvalue weighted by Gasteiger charge is -2.30. The van der Waals surface area contributed by atoms with Crippen molar-refractivity contribution in [2.45, 2.75) is 25.9 Å². The highest BCUT2D eigenvalue weighted by atomic mass is 19.4. The smallest absolute Gasteiger partial charge is 0.311 e. The number of carbonyl (C=O) groups excluding carboxylic acids is 1. The van der Waals surface area contributed by atoms with Crippen LogP contribution in [0.3, 0.4) is 0 Å². The molecule has 0 saturated heterocycles. The molecule has 1 aliphatic heterocycles. The molecule has 0 aromatic heterocycles. The minimum Gasteiger partial charge on any atom is -0.311 e. The number of hydrogen-bond donors (Lipinski definition) is 1. The molecule has 20 heavy (non-hydrogen) atoms. The normalized spacial score (nSPS) is 15.1. The van der Waals surface area contributed by atoms with Crippen molar-refractivity contribution in [1.82, 2.24) is 5.32 Å². The highest BCUT2D eigenvalue weighted by molar-refractivity contribution is 5.96. The summed E-state index contributed by atoms with van der Waals surface area (Å²) in [5, 5.41) is 2.15. The van der Waals surface area contributed by atoms with Crippen LogP contribution in [0, 0.1) is 6.92 Å². The average Bonchev–Trinajstić information content (AvgIpc) is 2.36. The third kappa shape index (κ3) is 3.72. The predicted molar refractivity (Wildman–Crippen MR) is 70.8 cm³/mol. The molecular weight excluding hydrogens is 269 g/mol. The minimum absolute atomic E-state index is 0.299. The van der Waals surface area contributed by atoms with Crippen LogP contribution in [0.4, 0.5) is 18.9 Å². The van der Waals surface area contributed by atoms with Crippen molar-refractivity contribution in [1.29, 1.82) is 0 Å². The van der Waals surface area contributed by atoms with E-state index >= 15 is 0 Å². The molecule has 0 saturated carbocycles. The number of rotatable bonds is 3. The number of aryl methyl sites for hydroxylation is 2. The van der Waals surface area contributed by atoms with Crippen molar-refractivity contribution >= 4 is 11.6 Å². The topological polar surface area (TPSA) is 32.3 Å². The maximum absolute atomic E-state index is 12.0. The van der Waals surface area contributed by atoms with Crippen LogP contribution in [-0.2, 0) is 11.2 Å². The van der Waals surface area contributed by atoms with Crippen LogP contribution in [0.2, 0.25) is 0 Å². The first kappa shape index (κ1) is 14.8. The number of carbonyl (C=O) groups is 1. The summed E-state index contributed by atoms with van der Waals surface area (Å²) in [7, 11) is 0. The fourth-order valence-corrected chi connectivity index (χ4v) is 2.39. The Morgan fingerprint density at radius 2 is 2.15 bits per heavy atom. The van der Waals surface area contributed by atoms with Crippen LogP contribution >= 0.6 is 0 Å². The molecule has 110 valence electrons. The van der Waals surface area contributed by atoms with E-state index in [0.29, 0.717) is 6.54 Å². The highest BCUT2D eigenvalue weighted by Crippen LogP contribution is 2.27. The first-order valence-corrected chi connectivity index (χ1v) is 6.54. The van der Waals surface area contributed by atoms with Crippen LogP contribution in [0.15, 0.2) is 18.2 Å². The molecule has 0 radical (unpaired) electrons. The Morgan fingerprint density at radius 3 is 2.85 bits per heavy atom. The summed E-state index contributed by atoms with van der Waals surface area (Å²) in [6, 6.07) is 5.80. The van der Waals surface area contributed by atoms with E-state index in [4.69, 9.17) is 0 Å². The van der Waals surface area contributed by atoms with E-state index in [-0.39, 0.29) is 12.5 Å². The zero-order chi connectivity index (χ0) is 14.8. The van der Waals surface area contributed by atoms with E-state index in [2.05, 4.69) is 5.32 Å². The second-order valence-corrected chi connectivity index (χ2v) is 5.00. The monoisotopic (exact) mass is 286 g/mol. The van der Waals surface area contributed by atoms with Gasteiger partial charge in [-0.25, -0.2) is 0 Å². The Labute approximate surface area is 115 Å². The number of halogens is 3. The van der Waals surface area contributed by atoms with Gasteiger partial charge >= 0.3 is 6.18 Å². The van der Waals surface area contributed by atoms with Gasteiger partial charge in [0, 0.05) is 12.2 Å². The predicted octanol–water partition coefficient (Wildman–Crippen LogP) is 2.43. The summed E-state index contributed by atoms with van der Waals surface area (Å²) >= 11 is 0. The van der Waals surface area contributed by atoms with E-state index in [1.807, 2.05) is 25.1 Å². The molecule has 1 aromatic rings. The molecule has 1 N–H and O–H groups in total. The number of fused-ring (bicyclic) bond motifs is 1. The van der Waals surface area contributed by atoms with Crippen LogP contribution < -0.4 is 10.2 Å². The van der Waals surface area contributed by atoms with E-state index in [9.17, 15) is 18.0 Å². The second kappa shape index (κ2) is 5.83. The molecule has 0 aliphatic carbocycles. The third-order valence-corrected chi connectivity index (χ3v) is 3.26. The lowest BCUT2D eigenvalue weighted by Crippen LogP contribution is -2.43. The molecule has 0 bridgehead atoms. The molecule has 1 heterocycles. The van der Waals surface area contributed by atoms with Crippen LogP contribution in [0.25, 0.3) is 0 Å². The Bertz CT molecular complexity index is 500. The molecule has 6 heteroatoms. The molecule has 2 rings (SSSR count). The molecule has 1 aromatic carbocycles. The molecular formula is C14H17F3N2O. The summed E-state index contributed by atoms with van der Waals surface area (Å²) in [6.07, 6.45) is -2.56. The Hall–Kier alpha value is -1.56. The molecule has 1 amide bonds. The zero-order valence-electron chi connectivity index (χ0n) is 11.3. The molecule has 0 unspecified atom stereocenters. The van der Waals surface area contributed by atoms with Crippen LogP contribution in [0.5, 0.6) is 0 Å². The van der Waals surface area contributed by atoms with Gasteiger partial charge in [-0.3, -0.25) is 4.79 Å². The summed E-state index contributed by atoms with van der Waals surface area (Å²) in [5.74, 6) is -0.320. The summed E-state index contributed by atoms with van der Waals surface area (Å²) in [4.78, 5) is 13.6. The van der Waals surface area contributed by atoms with Crippen molar-refractivity contribution in [2.24, 2.45) is 0 Å². The quantitative estimate of drug-likeness (QED) is 0.925. The summed E-state index contributed by atoms with van der Waals surface area (Å²) in [6.45, 7) is 1.09.